The Labute approximate surface area is 198 Å². The molecule has 2 heterocycles. The van der Waals surface area contributed by atoms with Crippen LogP contribution in [0.15, 0.2) is 72.8 Å². The first-order chi connectivity index (χ1) is 16.5. The summed E-state index contributed by atoms with van der Waals surface area (Å²) in [6.45, 7) is 2.12. The van der Waals surface area contributed by atoms with Crippen LogP contribution in [-0.2, 0) is 0 Å². The molecule has 176 valence electrons. The predicted molar refractivity (Wildman–Crippen MR) is 127 cm³/mol. The summed E-state index contributed by atoms with van der Waals surface area (Å²) in [5, 5.41) is 10.2. The number of amides is 1. The average molecular weight is 463 g/mol. The monoisotopic (exact) mass is 462 g/mol. The van der Waals surface area contributed by atoms with Crippen molar-refractivity contribution in [2.75, 3.05) is 26.2 Å². The molecule has 2 saturated heterocycles. The molecule has 4 nitrogen and oxygen atoms in total. The molecule has 0 unspecified atom stereocenters. The van der Waals surface area contributed by atoms with Crippen molar-refractivity contribution in [3.63, 3.8) is 0 Å². The molecular weight excluding hydrogens is 434 g/mol. The summed E-state index contributed by atoms with van der Waals surface area (Å²) in [7, 11) is 0. The first-order valence-electron chi connectivity index (χ1n) is 11.8. The number of aliphatic hydroxyl groups is 1. The third kappa shape index (κ3) is 4.36. The van der Waals surface area contributed by atoms with Crippen LogP contribution in [0.5, 0.6) is 0 Å². The molecular formula is C28H28F2N2O2. The molecule has 0 aliphatic carbocycles. The van der Waals surface area contributed by atoms with Gasteiger partial charge in [0.05, 0.1) is 6.61 Å². The smallest absolute Gasteiger partial charge is 0.254 e. The lowest BCUT2D eigenvalue weighted by Gasteiger charge is -2.57. The standard InChI is InChI=1S/C28H28F2N2O2/c29-23-12-10-20(11-13-23)19-6-8-21(9-7-19)27-25-17-31(14-1-2-15-32(25)26(27)18-33)28(34)22-4-3-5-24(30)16-22/h3-13,16,25-27,33H,1-2,14-15,17-18H2/t25-,26-,27-/m0/s1. The fourth-order valence-corrected chi connectivity index (χ4v) is 5.47. The topological polar surface area (TPSA) is 43.8 Å². The van der Waals surface area contributed by atoms with Gasteiger partial charge < -0.3 is 10.0 Å². The molecule has 2 fully saturated rings. The van der Waals surface area contributed by atoms with Crippen LogP contribution in [0.1, 0.15) is 34.7 Å². The molecule has 2 aliphatic heterocycles. The summed E-state index contributed by atoms with van der Waals surface area (Å²) in [4.78, 5) is 17.3. The first-order valence-corrected chi connectivity index (χ1v) is 11.8. The summed E-state index contributed by atoms with van der Waals surface area (Å²) >= 11 is 0. The van der Waals surface area contributed by atoms with Crippen molar-refractivity contribution in [1.29, 1.82) is 0 Å². The van der Waals surface area contributed by atoms with Crippen LogP contribution in [0.4, 0.5) is 8.78 Å². The quantitative estimate of drug-likeness (QED) is 0.612. The van der Waals surface area contributed by atoms with Gasteiger partial charge in [-0.3, -0.25) is 9.69 Å². The van der Waals surface area contributed by atoms with E-state index in [1.807, 2.05) is 17.0 Å². The molecule has 0 radical (unpaired) electrons. The normalized spacial score (nSPS) is 22.9. The van der Waals surface area contributed by atoms with Gasteiger partial charge in [0, 0.05) is 36.7 Å². The molecule has 0 aromatic heterocycles. The van der Waals surface area contributed by atoms with Crippen molar-refractivity contribution in [2.45, 2.75) is 30.8 Å². The Morgan fingerprint density at radius 2 is 1.56 bits per heavy atom. The molecule has 3 atom stereocenters. The summed E-state index contributed by atoms with van der Waals surface area (Å²) in [6, 6.07) is 20.6. The number of carbonyl (C=O) groups excluding carboxylic acids is 1. The lowest BCUT2D eigenvalue weighted by atomic mass is 9.74. The van der Waals surface area contributed by atoms with Gasteiger partial charge in [-0.2, -0.15) is 0 Å². The van der Waals surface area contributed by atoms with Crippen LogP contribution in [0.3, 0.4) is 0 Å². The molecule has 2 aliphatic rings. The fourth-order valence-electron chi connectivity index (χ4n) is 5.47. The molecule has 6 heteroatoms. The number of nitrogens with zero attached hydrogens (tertiary/aromatic N) is 2. The number of carbonyl (C=O) groups is 1. The summed E-state index contributed by atoms with van der Waals surface area (Å²) < 4.78 is 27.0. The minimum absolute atomic E-state index is 0.00546. The van der Waals surface area contributed by atoms with Gasteiger partial charge >= 0.3 is 0 Å². The van der Waals surface area contributed by atoms with Crippen LogP contribution in [0.25, 0.3) is 11.1 Å². The van der Waals surface area contributed by atoms with Crippen molar-refractivity contribution in [2.24, 2.45) is 0 Å². The zero-order chi connectivity index (χ0) is 23.7. The second-order valence-electron chi connectivity index (χ2n) is 9.18. The van der Waals surface area contributed by atoms with Crippen molar-refractivity contribution >= 4 is 5.91 Å². The van der Waals surface area contributed by atoms with E-state index in [-0.39, 0.29) is 36.3 Å². The molecule has 3 aromatic rings. The average Bonchev–Trinajstić information content (AvgIpc) is 2.83. The highest BCUT2D eigenvalue weighted by Gasteiger charge is 2.49. The van der Waals surface area contributed by atoms with Crippen LogP contribution in [-0.4, -0.2) is 59.1 Å². The molecule has 0 bridgehead atoms. The highest BCUT2D eigenvalue weighted by atomic mass is 19.1. The molecule has 1 N–H and O–H groups in total. The van der Waals surface area contributed by atoms with E-state index >= 15 is 0 Å². The highest BCUT2D eigenvalue weighted by Crippen LogP contribution is 2.42. The number of rotatable bonds is 4. The van der Waals surface area contributed by atoms with E-state index < -0.39 is 5.82 Å². The minimum Gasteiger partial charge on any atom is -0.395 e. The molecule has 5 rings (SSSR count). The molecule has 34 heavy (non-hydrogen) atoms. The first kappa shape index (κ1) is 22.7. The number of halogens is 2. The highest BCUT2D eigenvalue weighted by molar-refractivity contribution is 5.94. The van der Waals surface area contributed by atoms with Crippen molar-refractivity contribution < 1.29 is 18.7 Å². The zero-order valence-corrected chi connectivity index (χ0v) is 18.9. The lowest BCUT2D eigenvalue weighted by Crippen LogP contribution is -2.67. The summed E-state index contributed by atoms with van der Waals surface area (Å²) in [5.41, 5.74) is 3.43. The van der Waals surface area contributed by atoms with Crippen molar-refractivity contribution in [3.05, 3.63) is 95.6 Å². The SMILES string of the molecule is O=C(c1cccc(F)c1)N1CCCCN2[C@@H](CO)[C@@H](c3ccc(-c4ccc(F)cc4)cc3)[C@@H]2C1. The number of hydrogen-bond donors (Lipinski definition) is 1. The van der Waals surface area contributed by atoms with Gasteiger partial charge in [-0.15, -0.1) is 0 Å². The number of fused-ring (bicyclic) bond motifs is 1. The lowest BCUT2D eigenvalue weighted by molar-refractivity contribution is -0.0606. The van der Waals surface area contributed by atoms with Crippen molar-refractivity contribution in [1.82, 2.24) is 9.80 Å². The third-order valence-electron chi connectivity index (χ3n) is 7.20. The van der Waals surface area contributed by atoms with Gasteiger partial charge in [-0.25, -0.2) is 8.78 Å². The van der Waals surface area contributed by atoms with Crippen LogP contribution in [0.2, 0.25) is 0 Å². The summed E-state index contributed by atoms with van der Waals surface area (Å²) in [5.74, 6) is -0.739. The Kier molecular flexibility index (Phi) is 6.44. The minimum atomic E-state index is -0.414. The van der Waals surface area contributed by atoms with Gasteiger partial charge in [-0.05, 0) is 66.4 Å². The van der Waals surface area contributed by atoms with Gasteiger partial charge in [0.1, 0.15) is 11.6 Å². The third-order valence-corrected chi connectivity index (χ3v) is 7.20. The zero-order valence-electron chi connectivity index (χ0n) is 18.9. The van der Waals surface area contributed by atoms with Crippen LogP contribution in [0, 0.1) is 11.6 Å². The van der Waals surface area contributed by atoms with E-state index in [0.717, 1.165) is 36.1 Å². The maximum atomic E-state index is 13.7. The molecule has 0 spiro atoms. The largest absolute Gasteiger partial charge is 0.395 e. The number of benzene rings is 3. The Morgan fingerprint density at radius 3 is 2.24 bits per heavy atom. The Bertz CT molecular complexity index is 1150. The van der Waals surface area contributed by atoms with Gasteiger partial charge in [-0.1, -0.05) is 42.5 Å². The Balaban J connectivity index is 1.39. The summed E-state index contributed by atoms with van der Waals surface area (Å²) in [6.07, 6.45) is 1.82. The molecule has 3 aromatic carbocycles. The maximum absolute atomic E-state index is 13.7. The van der Waals surface area contributed by atoms with E-state index in [2.05, 4.69) is 17.0 Å². The van der Waals surface area contributed by atoms with Gasteiger partial charge in [0.2, 0.25) is 0 Å². The fraction of sp³-hybridized carbons (Fsp3) is 0.321. The van der Waals surface area contributed by atoms with Gasteiger partial charge in [0.25, 0.3) is 5.91 Å². The number of hydrogen-bond acceptors (Lipinski definition) is 3. The number of aliphatic hydroxyl groups excluding tert-OH is 1. The van der Waals surface area contributed by atoms with Crippen LogP contribution >= 0.6 is 0 Å². The van der Waals surface area contributed by atoms with E-state index in [0.29, 0.717) is 18.7 Å². The van der Waals surface area contributed by atoms with E-state index in [1.165, 1.54) is 24.3 Å². The predicted octanol–water partition coefficient (Wildman–Crippen LogP) is 4.70. The molecule has 0 saturated carbocycles. The Morgan fingerprint density at radius 1 is 0.882 bits per heavy atom. The van der Waals surface area contributed by atoms with E-state index in [4.69, 9.17) is 0 Å². The van der Waals surface area contributed by atoms with Gasteiger partial charge in [0.15, 0.2) is 0 Å². The van der Waals surface area contributed by atoms with Crippen LogP contribution < -0.4 is 0 Å². The molecule has 1 amide bonds. The van der Waals surface area contributed by atoms with Crippen molar-refractivity contribution in [3.8, 4) is 11.1 Å². The second-order valence-corrected chi connectivity index (χ2v) is 9.18. The van der Waals surface area contributed by atoms with E-state index in [9.17, 15) is 18.7 Å². The maximum Gasteiger partial charge on any atom is 0.254 e. The van der Waals surface area contributed by atoms with E-state index in [1.54, 1.807) is 24.3 Å². The second kappa shape index (κ2) is 9.65. The Hall–Kier alpha value is -3.09.